The van der Waals surface area contributed by atoms with Crippen LogP contribution in [0.3, 0.4) is 0 Å². The highest BCUT2D eigenvalue weighted by Gasteiger charge is 2.48. The van der Waals surface area contributed by atoms with Crippen molar-refractivity contribution in [3.05, 3.63) is 29.6 Å². The van der Waals surface area contributed by atoms with Crippen LogP contribution >= 0.6 is 0 Å². The van der Waals surface area contributed by atoms with E-state index in [1.54, 1.807) is 6.07 Å². The molecule has 3 aliphatic rings. The van der Waals surface area contributed by atoms with Crippen molar-refractivity contribution in [2.45, 2.75) is 25.3 Å². The van der Waals surface area contributed by atoms with Gasteiger partial charge in [-0.25, -0.2) is 4.39 Å². The van der Waals surface area contributed by atoms with E-state index >= 15 is 0 Å². The first-order chi connectivity index (χ1) is 14.8. The molecule has 31 heavy (non-hydrogen) atoms. The molecule has 1 aromatic rings. The van der Waals surface area contributed by atoms with Crippen molar-refractivity contribution in [1.82, 2.24) is 19.6 Å². The molecule has 3 saturated heterocycles. The Kier molecular flexibility index (Phi) is 6.21. The van der Waals surface area contributed by atoms with Gasteiger partial charge in [-0.15, -0.1) is 0 Å². The molecule has 1 unspecified atom stereocenters. The lowest BCUT2D eigenvalue weighted by molar-refractivity contribution is -0.137. The average molecular weight is 433 g/mol. The molecule has 3 fully saturated rings. The van der Waals surface area contributed by atoms with Gasteiger partial charge in [-0.05, 0) is 57.0 Å². The summed E-state index contributed by atoms with van der Waals surface area (Å²) in [4.78, 5) is 34.3. The number of amides is 2. The zero-order chi connectivity index (χ0) is 22.2. The Morgan fingerprint density at radius 2 is 1.71 bits per heavy atom. The number of piperazine rings is 1. The van der Waals surface area contributed by atoms with Crippen molar-refractivity contribution in [2.75, 3.05) is 67.0 Å². The molecule has 4 rings (SSSR count). The maximum Gasteiger partial charge on any atom is 0.253 e. The number of carbonyl (C=O) groups is 2. The average Bonchev–Trinajstić information content (AvgIpc) is 3.09. The van der Waals surface area contributed by atoms with Crippen molar-refractivity contribution in [1.29, 1.82) is 0 Å². The van der Waals surface area contributed by atoms with Crippen LogP contribution in [0.2, 0.25) is 0 Å². The molecule has 1 atom stereocenters. The fraction of sp³-hybridized carbons (Fsp3) is 0.652. The van der Waals surface area contributed by atoms with E-state index in [1.807, 2.05) is 16.8 Å². The molecule has 7 nitrogen and oxygen atoms in total. The first-order valence-electron chi connectivity index (χ1n) is 11.1. The van der Waals surface area contributed by atoms with Crippen LogP contribution in [-0.4, -0.2) is 104 Å². The van der Waals surface area contributed by atoms with Crippen molar-refractivity contribution >= 4 is 11.8 Å². The Morgan fingerprint density at radius 3 is 2.32 bits per heavy atom. The van der Waals surface area contributed by atoms with Crippen LogP contribution in [0.15, 0.2) is 18.2 Å². The lowest BCUT2D eigenvalue weighted by Gasteiger charge is -2.39. The quantitative estimate of drug-likeness (QED) is 0.725. The number of carbonyl (C=O) groups excluding carboxylic acids is 2. The van der Waals surface area contributed by atoms with E-state index in [9.17, 15) is 14.0 Å². The highest BCUT2D eigenvalue weighted by Crippen LogP contribution is 2.43. The summed E-state index contributed by atoms with van der Waals surface area (Å²) < 4.78 is 19.0. The van der Waals surface area contributed by atoms with Crippen molar-refractivity contribution in [3.8, 4) is 5.75 Å². The summed E-state index contributed by atoms with van der Waals surface area (Å²) in [6.07, 6.45) is 2.59. The van der Waals surface area contributed by atoms with Crippen molar-refractivity contribution < 1.29 is 18.7 Å². The topological polar surface area (TPSA) is 56.3 Å². The molecule has 0 radical (unpaired) electrons. The normalized spacial score (nSPS) is 24.6. The van der Waals surface area contributed by atoms with Gasteiger partial charge in [0.15, 0.2) is 11.6 Å². The molecule has 2 amide bonds. The third-order valence-corrected chi connectivity index (χ3v) is 7.35. The molecule has 3 aliphatic heterocycles. The van der Waals surface area contributed by atoms with E-state index in [4.69, 9.17) is 4.74 Å². The van der Waals surface area contributed by atoms with Gasteiger partial charge in [0.1, 0.15) is 0 Å². The summed E-state index contributed by atoms with van der Waals surface area (Å²) in [5.74, 6) is -0.281. The molecule has 8 heteroatoms. The number of piperidine rings is 1. The number of ether oxygens (including phenoxy) is 1. The molecule has 170 valence electrons. The fourth-order valence-corrected chi connectivity index (χ4v) is 5.31. The number of benzene rings is 1. The summed E-state index contributed by atoms with van der Waals surface area (Å²) >= 11 is 0. The molecule has 0 saturated carbocycles. The van der Waals surface area contributed by atoms with Crippen LogP contribution in [0.5, 0.6) is 5.75 Å². The van der Waals surface area contributed by atoms with Crippen molar-refractivity contribution in [3.63, 3.8) is 0 Å². The van der Waals surface area contributed by atoms with Gasteiger partial charge in [-0.1, -0.05) is 0 Å². The van der Waals surface area contributed by atoms with E-state index in [0.717, 1.165) is 52.0 Å². The summed E-state index contributed by atoms with van der Waals surface area (Å²) in [5, 5.41) is 0. The van der Waals surface area contributed by atoms with Gasteiger partial charge >= 0.3 is 0 Å². The highest BCUT2D eigenvalue weighted by molar-refractivity contribution is 5.94. The van der Waals surface area contributed by atoms with E-state index in [2.05, 4.69) is 16.8 Å². The Bertz CT molecular complexity index is 832. The molecule has 1 aromatic carbocycles. The first-order valence-corrected chi connectivity index (χ1v) is 11.1. The van der Waals surface area contributed by atoms with Crippen LogP contribution in [0.4, 0.5) is 4.39 Å². The molecule has 0 aromatic heterocycles. The van der Waals surface area contributed by atoms with E-state index in [0.29, 0.717) is 18.7 Å². The van der Waals surface area contributed by atoms with E-state index in [1.165, 1.54) is 19.2 Å². The van der Waals surface area contributed by atoms with Gasteiger partial charge in [0.2, 0.25) is 5.91 Å². The summed E-state index contributed by atoms with van der Waals surface area (Å²) in [6.45, 7) is 5.61. The molecule has 0 N–H and O–H groups in total. The number of rotatable bonds is 3. The number of halogens is 1. The number of hydrogen-bond acceptors (Lipinski definition) is 5. The van der Waals surface area contributed by atoms with Crippen LogP contribution in [-0.2, 0) is 4.79 Å². The second-order valence-electron chi connectivity index (χ2n) is 9.41. The van der Waals surface area contributed by atoms with E-state index < -0.39 is 5.82 Å². The van der Waals surface area contributed by atoms with Gasteiger partial charge in [0.05, 0.1) is 13.2 Å². The molecule has 0 bridgehead atoms. The minimum Gasteiger partial charge on any atom is -0.494 e. The molecule has 0 aliphatic carbocycles. The van der Waals surface area contributed by atoms with Gasteiger partial charge in [-0.2, -0.15) is 0 Å². The van der Waals surface area contributed by atoms with Crippen molar-refractivity contribution in [2.24, 2.45) is 5.41 Å². The summed E-state index contributed by atoms with van der Waals surface area (Å²) in [6, 6.07) is 4.29. The highest BCUT2D eigenvalue weighted by atomic mass is 19.1. The fourth-order valence-electron chi connectivity index (χ4n) is 5.31. The minimum atomic E-state index is -0.524. The minimum absolute atomic E-state index is 0.0682. The third-order valence-electron chi connectivity index (χ3n) is 7.35. The first kappa shape index (κ1) is 22.0. The number of methoxy groups -OCH3 is 1. The molecule has 1 spiro atoms. The van der Waals surface area contributed by atoms with Gasteiger partial charge < -0.3 is 19.4 Å². The second-order valence-corrected chi connectivity index (χ2v) is 9.41. The second kappa shape index (κ2) is 8.74. The lowest BCUT2D eigenvalue weighted by atomic mass is 9.76. The molecule has 3 heterocycles. The largest absolute Gasteiger partial charge is 0.494 e. The van der Waals surface area contributed by atoms with Crippen LogP contribution in [0.1, 0.15) is 29.6 Å². The van der Waals surface area contributed by atoms with Gasteiger partial charge in [0.25, 0.3) is 5.91 Å². The zero-order valence-electron chi connectivity index (χ0n) is 18.8. The Labute approximate surface area is 183 Å². The lowest BCUT2D eigenvalue weighted by Crippen LogP contribution is -2.52. The Morgan fingerprint density at radius 1 is 1.03 bits per heavy atom. The van der Waals surface area contributed by atoms with Crippen LogP contribution in [0, 0.1) is 11.2 Å². The number of likely N-dealkylation sites (tertiary alicyclic amines) is 2. The predicted molar refractivity (Wildman–Crippen MR) is 116 cm³/mol. The van der Waals surface area contributed by atoms with Crippen LogP contribution in [0.25, 0.3) is 0 Å². The van der Waals surface area contributed by atoms with Gasteiger partial charge in [0, 0.05) is 51.4 Å². The number of likely N-dealkylation sites (N-methyl/N-ethyl adjacent to an activating group) is 2. The standard InChI is InChI=1S/C23H33FN4O3/c1-25-10-12-28(13-11-25)22(30)19-15-23(16-26(19)2)6-8-27(9-7-23)21(29)17-4-5-20(31-3)18(24)14-17/h4-5,14,19H,6-13,15-16H2,1-3H3. The third kappa shape index (κ3) is 4.41. The predicted octanol–water partition coefficient (Wildman–Crippen LogP) is 1.53. The SMILES string of the molecule is COc1ccc(C(=O)N2CCC3(CC2)CC(C(=O)N2CCN(C)CC2)N(C)C3)cc1F. The van der Waals surface area contributed by atoms with Crippen LogP contribution < -0.4 is 4.74 Å². The number of nitrogens with zero attached hydrogens (tertiary/aromatic N) is 4. The zero-order valence-corrected chi connectivity index (χ0v) is 18.8. The maximum absolute atomic E-state index is 14.0. The summed E-state index contributed by atoms with van der Waals surface area (Å²) in [7, 11) is 5.54. The summed E-state index contributed by atoms with van der Waals surface area (Å²) in [5.41, 5.74) is 0.421. The molecular weight excluding hydrogens is 399 g/mol. The molecular formula is C23H33FN4O3. The van der Waals surface area contributed by atoms with E-state index in [-0.39, 0.29) is 29.0 Å². The Balaban J connectivity index is 1.36. The maximum atomic E-state index is 14.0. The number of hydrogen-bond donors (Lipinski definition) is 0. The van der Waals surface area contributed by atoms with Gasteiger partial charge in [-0.3, -0.25) is 14.5 Å². The monoisotopic (exact) mass is 432 g/mol. The smallest absolute Gasteiger partial charge is 0.253 e. The Hall–Kier alpha value is -2.19.